The van der Waals surface area contributed by atoms with Gasteiger partial charge in [0.15, 0.2) is 11.5 Å². The lowest BCUT2D eigenvalue weighted by molar-refractivity contribution is -0.121. The molecule has 2 amide bonds. The predicted molar refractivity (Wildman–Crippen MR) is 238 cm³/mol. The molecule has 0 radical (unpaired) electrons. The Morgan fingerprint density at radius 2 is 0.900 bits per heavy atom. The van der Waals surface area contributed by atoms with E-state index in [1.807, 2.05) is 60.7 Å². The molecule has 2 aliphatic carbocycles. The van der Waals surface area contributed by atoms with Crippen molar-refractivity contribution in [3.63, 3.8) is 0 Å². The second-order valence-corrected chi connectivity index (χ2v) is 19.2. The Morgan fingerprint density at radius 1 is 0.550 bits per heavy atom. The van der Waals surface area contributed by atoms with E-state index in [1.165, 1.54) is 0 Å². The molecule has 2 atom stereocenters. The zero-order valence-corrected chi connectivity index (χ0v) is 37.0. The van der Waals surface area contributed by atoms with Gasteiger partial charge in [0.2, 0.25) is 20.0 Å². The number of halogens is 6. The molecule has 318 valence electrons. The van der Waals surface area contributed by atoms with Gasteiger partial charge in [0.1, 0.15) is 0 Å². The standard InChI is InChI=1S/C44H44Cl6N4O6/c45-43(46,47)41(51-39(55)33-17-15-31(27-29-9-3-1-4-10-29)37(33)53-19-23-57-24-20-53)59-35-13-7-8-14-36(35)60-42(44(48,49)50)52-40(56)34-18-16-32(28-30-11-5-2-6-12-30)38(34)54-21-25-58-26-22-54/h1-14,27-28,41-42H,15-26H2,(H,51,55)(H,52,56)/b31-27+,32-28+/t41-,42-/m0/s1. The number of rotatable bonds is 12. The molecule has 0 aromatic heterocycles. The average molecular weight is 938 g/mol. The number of hydrogen-bond donors (Lipinski definition) is 2. The number of allylic oxidation sites excluding steroid dienone is 2. The highest BCUT2D eigenvalue weighted by atomic mass is 35.6. The second kappa shape index (κ2) is 20.1. The minimum absolute atomic E-state index is 0.0447. The normalized spacial score (nSPS) is 20.1. The predicted octanol–water partition coefficient (Wildman–Crippen LogP) is 9.00. The molecule has 7 rings (SSSR count). The van der Waals surface area contributed by atoms with Crippen LogP contribution in [-0.2, 0) is 19.1 Å². The SMILES string of the molecule is O=C(N[C@@H](Oc1ccccc1O[C@H](NC(=O)C1=C(N2CCOCC2)/C(=C/c2ccccc2)CC1)C(Cl)(Cl)Cl)C(Cl)(Cl)Cl)C1=C(N2CCOCC2)/C(=C/c2ccccc2)CC1. The van der Waals surface area contributed by atoms with E-state index >= 15 is 0 Å². The number of carbonyl (C=O) groups excluding carboxylic acids is 2. The molecule has 0 unspecified atom stereocenters. The molecule has 16 heteroatoms. The molecule has 3 aromatic carbocycles. The van der Waals surface area contributed by atoms with Gasteiger partial charge in [0.05, 0.1) is 26.4 Å². The van der Waals surface area contributed by atoms with E-state index < -0.39 is 31.9 Å². The van der Waals surface area contributed by atoms with Crippen LogP contribution in [0.4, 0.5) is 0 Å². The Balaban J connectivity index is 1.13. The van der Waals surface area contributed by atoms with Crippen molar-refractivity contribution < 1.29 is 28.5 Å². The van der Waals surface area contributed by atoms with Crippen LogP contribution in [0.2, 0.25) is 0 Å². The number of carbonyl (C=O) groups is 2. The van der Waals surface area contributed by atoms with Crippen LogP contribution in [0.1, 0.15) is 36.8 Å². The van der Waals surface area contributed by atoms with E-state index in [0.29, 0.717) is 89.4 Å². The van der Waals surface area contributed by atoms with Crippen molar-refractivity contribution in [2.45, 2.75) is 45.7 Å². The summed E-state index contributed by atoms with van der Waals surface area (Å²) in [5.41, 5.74) is 6.79. The maximum atomic E-state index is 14.2. The summed E-state index contributed by atoms with van der Waals surface area (Å²) in [7, 11) is 0. The number of benzene rings is 3. The number of hydrogen-bond acceptors (Lipinski definition) is 8. The third-order valence-corrected chi connectivity index (χ3v) is 11.6. The molecule has 0 spiro atoms. The van der Waals surface area contributed by atoms with Gasteiger partial charge in [0, 0.05) is 48.7 Å². The monoisotopic (exact) mass is 934 g/mol. The molecule has 4 aliphatic rings. The number of morpholine rings is 2. The summed E-state index contributed by atoms with van der Waals surface area (Å²) in [6.45, 7) is 4.59. The quantitative estimate of drug-likeness (QED) is 0.137. The lowest BCUT2D eigenvalue weighted by atomic mass is 10.1. The van der Waals surface area contributed by atoms with Crippen LogP contribution in [0, 0.1) is 0 Å². The molecule has 0 saturated carbocycles. The fourth-order valence-corrected chi connectivity index (χ4v) is 8.23. The maximum absolute atomic E-state index is 14.2. The van der Waals surface area contributed by atoms with Crippen molar-refractivity contribution >= 4 is 93.6 Å². The first-order chi connectivity index (χ1) is 28.8. The second-order valence-electron chi connectivity index (χ2n) is 14.5. The summed E-state index contributed by atoms with van der Waals surface area (Å²) in [4.78, 5) is 32.7. The Bertz CT molecular complexity index is 1970. The highest BCUT2D eigenvalue weighted by molar-refractivity contribution is 6.68. The molecule has 2 N–H and O–H groups in total. The first-order valence-corrected chi connectivity index (χ1v) is 21.9. The van der Waals surface area contributed by atoms with E-state index in [2.05, 4.69) is 32.6 Å². The Labute approximate surface area is 379 Å². The summed E-state index contributed by atoms with van der Waals surface area (Å²) in [6.07, 6.45) is 3.37. The number of amides is 2. The van der Waals surface area contributed by atoms with Crippen molar-refractivity contribution in [2.24, 2.45) is 0 Å². The smallest absolute Gasteiger partial charge is 0.252 e. The van der Waals surface area contributed by atoms with Crippen LogP contribution in [-0.4, -0.2) is 94.3 Å². The van der Waals surface area contributed by atoms with Gasteiger partial charge < -0.3 is 39.4 Å². The molecule has 60 heavy (non-hydrogen) atoms. The maximum Gasteiger partial charge on any atom is 0.252 e. The molecule has 3 aromatic rings. The van der Waals surface area contributed by atoms with Crippen molar-refractivity contribution in [3.8, 4) is 11.5 Å². The van der Waals surface area contributed by atoms with E-state index in [-0.39, 0.29) is 11.5 Å². The number of nitrogens with zero attached hydrogens (tertiary/aromatic N) is 2. The van der Waals surface area contributed by atoms with Gasteiger partial charge >= 0.3 is 0 Å². The lowest BCUT2D eigenvalue weighted by Gasteiger charge is -2.33. The van der Waals surface area contributed by atoms with Crippen LogP contribution in [0.15, 0.2) is 119 Å². The van der Waals surface area contributed by atoms with Crippen molar-refractivity contribution in [3.05, 3.63) is 130 Å². The highest BCUT2D eigenvalue weighted by Crippen LogP contribution is 2.41. The fraction of sp³-hybridized carbons (Fsp3) is 0.364. The first-order valence-electron chi connectivity index (χ1n) is 19.7. The zero-order valence-electron chi connectivity index (χ0n) is 32.5. The van der Waals surface area contributed by atoms with Gasteiger partial charge in [-0.05, 0) is 72.2 Å². The summed E-state index contributed by atoms with van der Waals surface area (Å²) in [5.74, 6) is -0.835. The third kappa shape index (κ3) is 11.3. The van der Waals surface area contributed by atoms with Crippen LogP contribution >= 0.6 is 69.6 Å². The molecule has 0 bridgehead atoms. The van der Waals surface area contributed by atoms with Crippen LogP contribution in [0.3, 0.4) is 0 Å². The van der Waals surface area contributed by atoms with Crippen LogP contribution in [0.25, 0.3) is 12.2 Å². The van der Waals surface area contributed by atoms with Gasteiger partial charge in [-0.25, -0.2) is 0 Å². The van der Waals surface area contributed by atoms with Gasteiger partial charge in [0.25, 0.3) is 11.8 Å². The number of alkyl halides is 6. The van der Waals surface area contributed by atoms with E-state index in [0.717, 1.165) is 33.7 Å². The van der Waals surface area contributed by atoms with Gasteiger partial charge in [-0.3, -0.25) is 9.59 Å². The number of ether oxygens (including phenoxy) is 4. The summed E-state index contributed by atoms with van der Waals surface area (Å²) < 4.78 is 19.4. The minimum atomic E-state index is -2.15. The molecule has 2 saturated heterocycles. The zero-order chi connectivity index (χ0) is 42.3. The topological polar surface area (TPSA) is 102 Å². The van der Waals surface area contributed by atoms with E-state index in [1.54, 1.807) is 24.3 Å². The highest BCUT2D eigenvalue weighted by Gasteiger charge is 2.42. The summed E-state index contributed by atoms with van der Waals surface area (Å²) in [6, 6.07) is 26.3. The largest absolute Gasteiger partial charge is 0.462 e. The van der Waals surface area contributed by atoms with Crippen molar-refractivity contribution in [2.75, 3.05) is 52.6 Å². The average Bonchev–Trinajstić information content (AvgIpc) is 3.86. The molecule has 2 heterocycles. The summed E-state index contributed by atoms with van der Waals surface area (Å²) >= 11 is 38.9. The Morgan fingerprint density at radius 3 is 1.25 bits per heavy atom. The van der Waals surface area contributed by atoms with Crippen molar-refractivity contribution in [1.29, 1.82) is 0 Å². The summed E-state index contributed by atoms with van der Waals surface area (Å²) in [5, 5.41) is 5.62. The van der Waals surface area contributed by atoms with E-state index in [9.17, 15) is 9.59 Å². The third-order valence-electron chi connectivity index (χ3n) is 10.4. The van der Waals surface area contributed by atoms with E-state index in [4.69, 9.17) is 88.6 Å². The van der Waals surface area contributed by atoms with Gasteiger partial charge in [-0.2, -0.15) is 0 Å². The van der Waals surface area contributed by atoms with Crippen LogP contribution < -0.4 is 20.1 Å². The van der Waals surface area contributed by atoms with Gasteiger partial charge in [-0.15, -0.1) is 0 Å². The molecule has 10 nitrogen and oxygen atoms in total. The molecule has 2 aliphatic heterocycles. The molecular weight excluding hydrogens is 893 g/mol. The minimum Gasteiger partial charge on any atom is -0.462 e. The lowest BCUT2D eigenvalue weighted by Crippen LogP contribution is -2.49. The Kier molecular flexibility index (Phi) is 14.9. The first kappa shape index (κ1) is 44.5. The van der Waals surface area contributed by atoms with Gasteiger partial charge in [-0.1, -0.05) is 142 Å². The Hall–Kier alpha value is -3.58. The molecular formula is C44H44Cl6N4O6. The molecule has 2 fully saturated rings. The number of nitrogens with one attached hydrogen (secondary N) is 2. The fourth-order valence-electron chi connectivity index (χ4n) is 7.63. The number of para-hydroxylation sites is 2. The van der Waals surface area contributed by atoms with Crippen LogP contribution in [0.5, 0.6) is 11.5 Å². The van der Waals surface area contributed by atoms with Crippen molar-refractivity contribution in [1.82, 2.24) is 20.4 Å².